The summed E-state index contributed by atoms with van der Waals surface area (Å²) in [5.41, 5.74) is 0. The molecule has 0 aromatic heterocycles. The molecule has 13 heavy (non-hydrogen) atoms. The minimum Gasteiger partial charge on any atom is -0.383 e. The predicted molar refractivity (Wildman–Crippen MR) is 50.3 cm³/mol. The van der Waals surface area contributed by atoms with Crippen LogP contribution in [0, 0.1) is 5.92 Å². The first-order chi connectivity index (χ1) is 6.13. The van der Waals surface area contributed by atoms with Gasteiger partial charge in [-0.2, -0.15) is 0 Å². The minimum atomic E-state index is -0.835. The molecule has 1 aliphatic rings. The van der Waals surface area contributed by atoms with Crippen molar-refractivity contribution < 1.29 is 9.90 Å². The Bertz CT molecular complexity index is 176. The lowest BCUT2D eigenvalue weighted by molar-refractivity contribution is -0.142. The third-order valence-corrected chi connectivity index (χ3v) is 2.31. The van der Waals surface area contributed by atoms with E-state index in [2.05, 4.69) is 5.32 Å². The smallest absolute Gasteiger partial charge is 0.251 e. The average Bonchev–Trinajstić information content (AvgIpc) is 2.17. The molecule has 0 saturated carbocycles. The van der Waals surface area contributed by atoms with E-state index < -0.39 is 6.10 Å². The number of hydrogen-bond donors (Lipinski definition) is 2. The van der Waals surface area contributed by atoms with Crippen LogP contribution in [0.2, 0.25) is 0 Å². The van der Waals surface area contributed by atoms with Gasteiger partial charge in [0.25, 0.3) is 5.91 Å². The lowest BCUT2D eigenvalue weighted by atomic mass is 10.1. The van der Waals surface area contributed by atoms with Crippen LogP contribution in [0.1, 0.15) is 13.8 Å². The van der Waals surface area contributed by atoms with Gasteiger partial charge in [-0.1, -0.05) is 13.8 Å². The van der Waals surface area contributed by atoms with Crippen LogP contribution in [0.4, 0.5) is 0 Å². The molecule has 0 radical (unpaired) electrons. The lowest BCUT2D eigenvalue weighted by Crippen LogP contribution is -2.50. The van der Waals surface area contributed by atoms with Crippen molar-refractivity contribution in [2.24, 2.45) is 5.92 Å². The van der Waals surface area contributed by atoms with Crippen LogP contribution < -0.4 is 5.32 Å². The summed E-state index contributed by atoms with van der Waals surface area (Å²) in [6.45, 7) is 6.79. The van der Waals surface area contributed by atoms with Gasteiger partial charge < -0.3 is 15.3 Å². The Labute approximate surface area is 78.9 Å². The van der Waals surface area contributed by atoms with Crippen LogP contribution in [0.15, 0.2) is 0 Å². The van der Waals surface area contributed by atoms with Crippen LogP contribution in [0.25, 0.3) is 0 Å². The number of nitrogens with zero attached hydrogens (tertiary/aromatic N) is 1. The van der Waals surface area contributed by atoms with Gasteiger partial charge in [0.05, 0.1) is 0 Å². The fraction of sp³-hybridized carbons (Fsp3) is 0.889. The molecule has 0 aromatic rings. The number of carbonyl (C=O) groups is 1. The van der Waals surface area contributed by atoms with Crippen molar-refractivity contribution in [2.75, 3.05) is 26.2 Å². The molecule has 1 amide bonds. The number of aliphatic hydroxyl groups is 1. The molecule has 1 unspecified atom stereocenters. The highest BCUT2D eigenvalue weighted by atomic mass is 16.3. The Balaban J connectivity index is 2.45. The number of nitrogens with one attached hydrogen (secondary N) is 1. The number of hydrogen-bond acceptors (Lipinski definition) is 3. The first-order valence-corrected chi connectivity index (χ1v) is 4.80. The molecule has 1 fully saturated rings. The van der Waals surface area contributed by atoms with Gasteiger partial charge in [-0.3, -0.25) is 4.79 Å². The average molecular weight is 186 g/mol. The molecule has 1 aliphatic heterocycles. The summed E-state index contributed by atoms with van der Waals surface area (Å²) in [5.74, 6) is -0.126. The number of carbonyl (C=O) groups excluding carboxylic acids is 1. The predicted octanol–water partition coefficient (Wildman–Crippen LogP) is -0.565. The molecule has 4 nitrogen and oxygen atoms in total. The lowest BCUT2D eigenvalue weighted by Gasteiger charge is -2.30. The van der Waals surface area contributed by atoms with Gasteiger partial charge in [0.15, 0.2) is 0 Å². The molecular weight excluding hydrogens is 168 g/mol. The van der Waals surface area contributed by atoms with Gasteiger partial charge in [-0.15, -0.1) is 0 Å². The molecule has 0 aromatic carbocycles. The fourth-order valence-electron chi connectivity index (χ4n) is 1.36. The van der Waals surface area contributed by atoms with E-state index in [1.807, 2.05) is 13.8 Å². The van der Waals surface area contributed by atoms with Gasteiger partial charge in [0, 0.05) is 26.2 Å². The normalized spacial score (nSPS) is 20.5. The van der Waals surface area contributed by atoms with Gasteiger partial charge in [-0.05, 0) is 5.92 Å². The summed E-state index contributed by atoms with van der Waals surface area (Å²) in [5, 5.41) is 12.7. The second kappa shape index (κ2) is 4.58. The summed E-state index contributed by atoms with van der Waals surface area (Å²) < 4.78 is 0. The number of aliphatic hydroxyl groups excluding tert-OH is 1. The van der Waals surface area contributed by atoms with E-state index in [0.717, 1.165) is 13.1 Å². The third kappa shape index (κ3) is 2.67. The van der Waals surface area contributed by atoms with Crippen molar-refractivity contribution in [1.82, 2.24) is 10.2 Å². The minimum absolute atomic E-state index is 0.00221. The summed E-state index contributed by atoms with van der Waals surface area (Å²) in [6.07, 6.45) is -0.835. The Morgan fingerprint density at radius 1 is 1.38 bits per heavy atom. The highest BCUT2D eigenvalue weighted by molar-refractivity contribution is 5.81. The second-order valence-electron chi connectivity index (χ2n) is 3.76. The van der Waals surface area contributed by atoms with Gasteiger partial charge in [0.1, 0.15) is 6.10 Å². The van der Waals surface area contributed by atoms with Crippen molar-refractivity contribution >= 4 is 5.91 Å². The highest BCUT2D eigenvalue weighted by Crippen LogP contribution is 2.06. The molecule has 1 heterocycles. The Kier molecular flexibility index (Phi) is 3.69. The van der Waals surface area contributed by atoms with E-state index >= 15 is 0 Å². The topological polar surface area (TPSA) is 52.6 Å². The first-order valence-electron chi connectivity index (χ1n) is 4.80. The molecule has 0 aliphatic carbocycles. The van der Waals surface area contributed by atoms with E-state index in [0.29, 0.717) is 13.1 Å². The Morgan fingerprint density at radius 2 is 1.92 bits per heavy atom. The third-order valence-electron chi connectivity index (χ3n) is 2.31. The van der Waals surface area contributed by atoms with Crippen molar-refractivity contribution in [3.05, 3.63) is 0 Å². The number of amides is 1. The molecule has 4 heteroatoms. The molecule has 1 saturated heterocycles. The molecule has 76 valence electrons. The summed E-state index contributed by atoms with van der Waals surface area (Å²) in [6, 6.07) is 0. The molecular formula is C9H18N2O2. The van der Waals surface area contributed by atoms with Gasteiger partial charge >= 0.3 is 0 Å². The van der Waals surface area contributed by atoms with Crippen LogP contribution >= 0.6 is 0 Å². The zero-order chi connectivity index (χ0) is 9.84. The molecule has 1 rings (SSSR count). The largest absolute Gasteiger partial charge is 0.383 e. The van der Waals surface area contributed by atoms with E-state index in [9.17, 15) is 9.90 Å². The van der Waals surface area contributed by atoms with Gasteiger partial charge in [-0.25, -0.2) is 0 Å². The maximum atomic E-state index is 11.6. The second-order valence-corrected chi connectivity index (χ2v) is 3.76. The number of piperazine rings is 1. The standard InChI is InChI=1S/C9H18N2O2/c1-7(2)8(12)9(13)11-5-3-10-4-6-11/h7-8,10,12H,3-6H2,1-2H3. The molecule has 1 atom stereocenters. The highest BCUT2D eigenvalue weighted by Gasteiger charge is 2.25. The molecule has 0 bridgehead atoms. The summed E-state index contributed by atoms with van der Waals surface area (Å²) in [4.78, 5) is 13.3. The van der Waals surface area contributed by atoms with Crippen molar-refractivity contribution in [2.45, 2.75) is 20.0 Å². The van der Waals surface area contributed by atoms with E-state index in [-0.39, 0.29) is 11.8 Å². The SMILES string of the molecule is CC(C)C(O)C(=O)N1CCNCC1. The first kappa shape index (κ1) is 10.5. The maximum absolute atomic E-state index is 11.6. The molecule has 0 spiro atoms. The van der Waals surface area contributed by atoms with E-state index in [4.69, 9.17) is 0 Å². The van der Waals surface area contributed by atoms with Crippen molar-refractivity contribution in [1.29, 1.82) is 0 Å². The van der Waals surface area contributed by atoms with Crippen LogP contribution in [0.5, 0.6) is 0 Å². The molecule has 2 N–H and O–H groups in total. The van der Waals surface area contributed by atoms with Crippen molar-refractivity contribution in [3.8, 4) is 0 Å². The Morgan fingerprint density at radius 3 is 2.38 bits per heavy atom. The fourth-order valence-corrected chi connectivity index (χ4v) is 1.36. The van der Waals surface area contributed by atoms with E-state index in [1.165, 1.54) is 0 Å². The number of rotatable bonds is 2. The maximum Gasteiger partial charge on any atom is 0.251 e. The monoisotopic (exact) mass is 186 g/mol. The van der Waals surface area contributed by atoms with Crippen LogP contribution in [-0.4, -0.2) is 48.2 Å². The zero-order valence-corrected chi connectivity index (χ0v) is 8.29. The van der Waals surface area contributed by atoms with Crippen LogP contribution in [0.3, 0.4) is 0 Å². The summed E-state index contributed by atoms with van der Waals surface area (Å²) >= 11 is 0. The quantitative estimate of drug-likeness (QED) is 0.607. The van der Waals surface area contributed by atoms with Crippen LogP contribution in [-0.2, 0) is 4.79 Å². The Hall–Kier alpha value is -0.610. The van der Waals surface area contributed by atoms with E-state index in [1.54, 1.807) is 4.90 Å². The zero-order valence-electron chi connectivity index (χ0n) is 8.29. The van der Waals surface area contributed by atoms with Gasteiger partial charge in [0.2, 0.25) is 0 Å². The van der Waals surface area contributed by atoms with Crippen molar-refractivity contribution in [3.63, 3.8) is 0 Å². The summed E-state index contributed by atoms with van der Waals surface area (Å²) in [7, 11) is 0.